The number of carbonyl (C=O) groups is 1. The van der Waals surface area contributed by atoms with Crippen LogP contribution in [0.3, 0.4) is 0 Å². The smallest absolute Gasteiger partial charge is 0.337 e. The van der Waals surface area contributed by atoms with E-state index in [1.165, 1.54) is 17.0 Å². The fourth-order valence-electron chi connectivity index (χ4n) is 3.36. The minimum Gasteiger partial charge on any atom is -0.337 e. The number of fused-ring (bicyclic) bond motifs is 1. The highest BCUT2D eigenvalue weighted by molar-refractivity contribution is 6.07. The van der Waals surface area contributed by atoms with Gasteiger partial charge in [-0.3, -0.25) is 9.78 Å². The number of para-hydroxylation sites is 1. The summed E-state index contributed by atoms with van der Waals surface area (Å²) in [5, 5.41) is 0.708. The quantitative estimate of drug-likeness (QED) is 0.432. The Hall–Kier alpha value is -3.74. The molecule has 0 aliphatic rings. The Bertz CT molecular complexity index is 1220. The number of hydrogen-bond donors (Lipinski definition) is 0. The number of pyridine rings is 2. The van der Waals surface area contributed by atoms with Gasteiger partial charge >= 0.3 is 6.18 Å². The Morgan fingerprint density at radius 3 is 2.42 bits per heavy atom. The molecular weight excluding hydrogens is 403 g/mol. The number of carbonyl (C=O) groups excluding carboxylic acids is 1. The molecule has 0 bridgehead atoms. The zero-order chi connectivity index (χ0) is 22.0. The molecule has 4 aromatic rings. The van der Waals surface area contributed by atoms with Crippen LogP contribution in [0.25, 0.3) is 22.2 Å². The molecule has 2 aromatic heterocycles. The van der Waals surface area contributed by atoms with E-state index in [0.29, 0.717) is 27.7 Å². The monoisotopic (exact) mass is 421 g/mol. The van der Waals surface area contributed by atoms with Crippen LogP contribution in [0.4, 0.5) is 13.2 Å². The molecule has 2 aromatic carbocycles. The zero-order valence-electron chi connectivity index (χ0n) is 16.6. The number of alkyl halides is 3. The average Bonchev–Trinajstić information content (AvgIpc) is 2.78. The highest BCUT2D eigenvalue weighted by Gasteiger charge is 2.30. The maximum absolute atomic E-state index is 13.3. The first-order valence-corrected chi connectivity index (χ1v) is 9.55. The van der Waals surface area contributed by atoms with Gasteiger partial charge in [0.05, 0.1) is 22.3 Å². The van der Waals surface area contributed by atoms with Gasteiger partial charge in [-0.2, -0.15) is 13.2 Å². The van der Waals surface area contributed by atoms with Crippen LogP contribution in [-0.4, -0.2) is 27.8 Å². The van der Waals surface area contributed by atoms with Crippen LogP contribution in [-0.2, 0) is 12.7 Å². The van der Waals surface area contributed by atoms with E-state index in [9.17, 15) is 18.0 Å². The summed E-state index contributed by atoms with van der Waals surface area (Å²) in [4.78, 5) is 23.5. The fraction of sp³-hybridized carbons (Fsp3) is 0.125. The van der Waals surface area contributed by atoms with Gasteiger partial charge in [0.15, 0.2) is 0 Å². The molecule has 0 atom stereocenters. The second-order valence-corrected chi connectivity index (χ2v) is 7.17. The molecule has 31 heavy (non-hydrogen) atoms. The number of aromatic nitrogens is 2. The maximum atomic E-state index is 13.3. The lowest BCUT2D eigenvalue weighted by atomic mass is 10.0. The van der Waals surface area contributed by atoms with Crippen molar-refractivity contribution in [2.24, 2.45) is 0 Å². The van der Waals surface area contributed by atoms with Crippen molar-refractivity contribution in [1.29, 1.82) is 0 Å². The summed E-state index contributed by atoms with van der Waals surface area (Å²) in [6.07, 6.45) is -1.05. The Morgan fingerprint density at radius 1 is 1.00 bits per heavy atom. The molecule has 0 saturated heterocycles. The minimum atomic E-state index is -4.39. The van der Waals surface area contributed by atoms with Crippen LogP contribution in [0.5, 0.6) is 0 Å². The summed E-state index contributed by atoms with van der Waals surface area (Å²) in [7, 11) is 1.62. The first kappa shape index (κ1) is 20.5. The van der Waals surface area contributed by atoms with Gasteiger partial charge in [0.1, 0.15) is 0 Å². The highest BCUT2D eigenvalue weighted by atomic mass is 19.4. The van der Waals surface area contributed by atoms with Gasteiger partial charge in [-0.05, 0) is 42.0 Å². The van der Waals surface area contributed by atoms with Crippen molar-refractivity contribution in [3.8, 4) is 11.3 Å². The number of rotatable bonds is 4. The van der Waals surface area contributed by atoms with E-state index in [4.69, 9.17) is 0 Å². The second kappa shape index (κ2) is 8.18. The normalized spacial score (nSPS) is 11.5. The van der Waals surface area contributed by atoms with Gasteiger partial charge in [0.2, 0.25) is 0 Å². The van der Waals surface area contributed by atoms with Crippen molar-refractivity contribution in [1.82, 2.24) is 14.9 Å². The molecule has 0 fully saturated rings. The Morgan fingerprint density at radius 2 is 1.74 bits per heavy atom. The van der Waals surface area contributed by atoms with Crippen molar-refractivity contribution in [2.75, 3.05) is 7.05 Å². The molecule has 0 N–H and O–H groups in total. The van der Waals surface area contributed by atoms with Crippen molar-refractivity contribution in [2.45, 2.75) is 12.7 Å². The van der Waals surface area contributed by atoms with E-state index < -0.39 is 11.7 Å². The van der Waals surface area contributed by atoms with Gasteiger partial charge < -0.3 is 4.90 Å². The van der Waals surface area contributed by atoms with E-state index >= 15 is 0 Å². The highest BCUT2D eigenvalue weighted by Crippen LogP contribution is 2.29. The molecule has 1 amide bonds. The average molecular weight is 421 g/mol. The lowest BCUT2D eigenvalue weighted by Gasteiger charge is -2.19. The summed E-state index contributed by atoms with van der Waals surface area (Å²) < 4.78 is 38.3. The number of halogens is 3. The van der Waals surface area contributed by atoms with E-state index in [1.54, 1.807) is 31.6 Å². The summed E-state index contributed by atoms with van der Waals surface area (Å²) in [5.74, 6) is -0.247. The van der Waals surface area contributed by atoms with Crippen LogP contribution in [0.15, 0.2) is 79.1 Å². The van der Waals surface area contributed by atoms with Crippen molar-refractivity contribution >= 4 is 16.8 Å². The van der Waals surface area contributed by atoms with E-state index in [1.807, 2.05) is 30.3 Å². The van der Waals surface area contributed by atoms with Crippen LogP contribution >= 0.6 is 0 Å². The third-order valence-electron chi connectivity index (χ3n) is 4.95. The third-order valence-corrected chi connectivity index (χ3v) is 4.95. The summed E-state index contributed by atoms with van der Waals surface area (Å²) in [6, 6.07) is 17.6. The van der Waals surface area contributed by atoms with Crippen molar-refractivity contribution in [3.63, 3.8) is 0 Å². The largest absolute Gasteiger partial charge is 0.416 e. The number of amides is 1. The molecule has 4 rings (SSSR count). The molecule has 0 spiro atoms. The predicted molar refractivity (Wildman–Crippen MR) is 112 cm³/mol. The SMILES string of the molecule is CN(Cc1ccc(C(F)(F)F)cc1)C(=O)c1cc(-c2cccnc2)nc2ccccc12. The van der Waals surface area contributed by atoms with Gasteiger partial charge in [-0.15, -0.1) is 0 Å². The number of hydrogen-bond acceptors (Lipinski definition) is 3. The molecule has 2 heterocycles. The Labute approximate surface area is 177 Å². The van der Waals surface area contributed by atoms with Crippen LogP contribution < -0.4 is 0 Å². The van der Waals surface area contributed by atoms with Crippen LogP contribution in [0.1, 0.15) is 21.5 Å². The van der Waals surface area contributed by atoms with Gasteiger partial charge in [0, 0.05) is 36.9 Å². The molecule has 0 aliphatic carbocycles. The first-order chi connectivity index (χ1) is 14.8. The van der Waals surface area contributed by atoms with Gasteiger partial charge in [-0.1, -0.05) is 30.3 Å². The maximum Gasteiger partial charge on any atom is 0.416 e. The fourth-order valence-corrected chi connectivity index (χ4v) is 3.36. The van der Waals surface area contributed by atoms with E-state index in [2.05, 4.69) is 9.97 Å². The minimum absolute atomic E-state index is 0.176. The van der Waals surface area contributed by atoms with Crippen molar-refractivity contribution < 1.29 is 18.0 Å². The Balaban J connectivity index is 1.66. The predicted octanol–water partition coefficient (Wildman–Crippen LogP) is 5.59. The molecule has 0 radical (unpaired) electrons. The van der Waals surface area contributed by atoms with Crippen LogP contribution in [0, 0.1) is 0 Å². The number of nitrogens with zero attached hydrogens (tertiary/aromatic N) is 3. The lowest BCUT2D eigenvalue weighted by Crippen LogP contribution is -2.26. The van der Waals surface area contributed by atoms with Crippen LogP contribution in [0.2, 0.25) is 0 Å². The van der Waals surface area contributed by atoms with E-state index in [0.717, 1.165) is 17.7 Å². The first-order valence-electron chi connectivity index (χ1n) is 9.55. The summed E-state index contributed by atoms with van der Waals surface area (Å²) >= 11 is 0. The topological polar surface area (TPSA) is 46.1 Å². The van der Waals surface area contributed by atoms with E-state index in [-0.39, 0.29) is 12.5 Å². The summed E-state index contributed by atoms with van der Waals surface area (Å²) in [5.41, 5.74) is 2.45. The Kier molecular flexibility index (Phi) is 5.42. The lowest BCUT2D eigenvalue weighted by molar-refractivity contribution is -0.137. The zero-order valence-corrected chi connectivity index (χ0v) is 16.6. The molecule has 0 saturated carbocycles. The molecule has 7 heteroatoms. The standard InChI is InChI=1S/C24H18F3N3O/c1-30(15-16-8-10-18(11-9-16)24(25,26)27)23(31)20-13-22(17-5-4-12-28-14-17)29-21-7-3-2-6-19(20)21/h2-14H,15H2,1H3. The van der Waals surface area contributed by atoms with Gasteiger partial charge in [-0.25, -0.2) is 4.98 Å². The third kappa shape index (κ3) is 4.40. The summed E-state index contributed by atoms with van der Waals surface area (Å²) in [6.45, 7) is 0.176. The second-order valence-electron chi connectivity index (χ2n) is 7.17. The molecular formula is C24H18F3N3O. The number of benzene rings is 2. The molecule has 0 aliphatic heterocycles. The molecule has 156 valence electrons. The molecule has 4 nitrogen and oxygen atoms in total. The van der Waals surface area contributed by atoms with Crippen molar-refractivity contribution in [3.05, 3.63) is 95.8 Å². The molecule has 0 unspecified atom stereocenters. The van der Waals surface area contributed by atoms with Gasteiger partial charge in [0.25, 0.3) is 5.91 Å².